The Hall–Kier alpha value is -0.500. The Morgan fingerprint density at radius 2 is 1.81 bits per heavy atom. The highest BCUT2D eigenvalue weighted by molar-refractivity contribution is 7.86. The van der Waals surface area contributed by atoms with Crippen molar-refractivity contribution in [2.24, 2.45) is 0 Å². The molecule has 0 aliphatic carbocycles. The first kappa shape index (κ1) is 18.5. The zero-order valence-corrected chi connectivity index (χ0v) is 15.1. The van der Waals surface area contributed by atoms with Gasteiger partial charge in [-0.2, -0.15) is 8.42 Å². The van der Waals surface area contributed by atoms with Crippen molar-refractivity contribution < 1.29 is 12.6 Å². The molecular formula is C10H17B2Cl2N3O3S. The third-order valence-electron chi connectivity index (χ3n) is 3.67. The topological polar surface area (TPSA) is 72.4 Å². The maximum atomic E-state index is 11.5. The van der Waals surface area contributed by atoms with Crippen LogP contribution in [-0.2, 0) is 14.3 Å². The molecule has 0 saturated heterocycles. The molecule has 0 fully saturated rings. The third-order valence-corrected chi connectivity index (χ3v) is 4.75. The predicted molar refractivity (Wildman–Crippen MR) is 90.3 cm³/mol. The predicted octanol–water partition coefficient (Wildman–Crippen LogP) is -0.106. The molecule has 0 atom stereocenters. The van der Waals surface area contributed by atoms with Gasteiger partial charge in [0, 0.05) is 18.5 Å². The molecule has 0 aromatic carbocycles. The third kappa shape index (κ3) is 4.48. The van der Waals surface area contributed by atoms with Crippen molar-refractivity contribution in [3.05, 3.63) is 16.5 Å². The second-order valence-corrected chi connectivity index (χ2v) is 8.03. The average molecular weight is 352 g/mol. The van der Waals surface area contributed by atoms with Crippen LogP contribution >= 0.6 is 23.2 Å². The normalized spacial score (nSPS) is 13.2. The Morgan fingerprint density at radius 1 is 1.29 bits per heavy atom. The largest absolute Gasteiger partial charge is 0.353 e. The van der Waals surface area contributed by atoms with Crippen LogP contribution in [-0.4, -0.2) is 58.3 Å². The molecule has 0 aliphatic heterocycles. The minimum absolute atomic E-state index is 0.0157. The van der Waals surface area contributed by atoms with Crippen molar-refractivity contribution in [3.63, 3.8) is 0 Å². The SMILES string of the molecule is BC(B)(OS(C)(=O)=O)C(C)(C)N(C)c1cc(Cl)nc(Cl)n1. The van der Waals surface area contributed by atoms with Gasteiger partial charge in [-0.15, -0.1) is 0 Å². The van der Waals surface area contributed by atoms with Crippen LogP contribution in [0.15, 0.2) is 6.07 Å². The van der Waals surface area contributed by atoms with Crippen LogP contribution in [0.3, 0.4) is 0 Å². The van der Waals surface area contributed by atoms with Crippen molar-refractivity contribution in [1.29, 1.82) is 0 Å². The van der Waals surface area contributed by atoms with Gasteiger partial charge in [0.15, 0.2) is 0 Å². The number of anilines is 1. The lowest BCUT2D eigenvalue weighted by molar-refractivity contribution is 0.166. The molecule has 11 heteroatoms. The molecule has 1 aromatic heterocycles. The van der Waals surface area contributed by atoms with E-state index < -0.39 is 21.1 Å². The second-order valence-electron chi connectivity index (χ2n) is 5.73. The molecular weight excluding hydrogens is 335 g/mol. The summed E-state index contributed by atoms with van der Waals surface area (Å²) in [6.45, 7) is 3.67. The number of rotatable bonds is 5. The van der Waals surface area contributed by atoms with Crippen molar-refractivity contribution in [2.75, 3.05) is 18.2 Å². The van der Waals surface area contributed by atoms with Gasteiger partial charge in [0.2, 0.25) is 5.28 Å². The maximum absolute atomic E-state index is 11.5. The molecule has 0 radical (unpaired) electrons. The average Bonchev–Trinajstić information content (AvgIpc) is 2.22. The lowest BCUT2D eigenvalue weighted by Crippen LogP contribution is -2.63. The van der Waals surface area contributed by atoms with E-state index in [0.29, 0.717) is 5.82 Å². The van der Waals surface area contributed by atoms with Crippen LogP contribution in [0.1, 0.15) is 13.8 Å². The summed E-state index contributed by atoms with van der Waals surface area (Å²) in [7, 11) is 1.52. The zero-order chi connectivity index (χ0) is 16.6. The highest BCUT2D eigenvalue weighted by Crippen LogP contribution is 2.31. The number of halogens is 2. The lowest BCUT2D eigenvalue weighted by Gasteiger charge is -2.47. The fourth-order valence-corrected chi connectivity index (χ4v) is 3.08. The summed E-state index contributed by atoms with van der Waals surface area (Å²) >= 11 is 11.7. The summed E-state index contributed by atoms with van der Waals surface area (Å²) in [5, 5.41) is -0.796. The van der Waals surface area contributed by atoms with Gasteiger partial charge < -0.3 is 4.90 Å². The molecule has 116 valence electrons. The molecule has 1 aromatic rings. The Kier molecular flexibility index (Phi) is 5.25. The number of nitrogens with zero attached hydrogens (tertiary/aromatic N) is 3. The molecule has 0 spiro atoms. The molecule has 0 unspecified atom stereocenters. The van der Waals surface area contributed by atoms with Crippen LogP contribution < -0.4 is 4.90 Å². The van der Waals surface area contributed by atoms with Crippen molar-refractivity contribution >= 4 is 54.8 Å². The van der Waals surface area contributed by atoms with E-state index in [0.717, 1.165) is 6.26 Å². The van der Waals surface area contributed by atoms with Gasteiger partial charge in [0.05, 0.1) is 11.8 Å². The molecule has 1 rings (SSSR count). The quantitative estimate of drug-likeness (QED) is 0.319. The van der Waals surface area contributed by atoms with Crippen LogP contribution in [0.25, 0.3) is 0 Å². The number of aromatic nitrogens is 2. The Labute approximate surface area is 137 Å². The molecule has 0 bridgehead atoms. The molecule has 0 saturated carbocycles. The highest BCUT2D eigenvalue weighted by atomic mass is 35.5. The van der Waals surface area contributed by atoms with E-state index in [4.69, 9.17) is 27.4 Å². The molecule has 0 aliphatic rings. The Morgan fingerprint density at radius 3 is 2.24 bits per heavy atom. The van der Waals surface area contributed by atoms with Gasteiger partial charge in [-0.1, -0.05) is 11.6 Å². The number of likely N-dealkylation sites (N-methyl/N-ethyl adjacent to an activating group) is 1. The second kappa shape index (κ2) is 5.95. The Balaban J connectivity index is 3.21. The first-order chi connectivity index (χ1) is 9.26. The van der Waals surface area contributed by atoms with E-state index >= 15 is 0 Å². The van der Waals surface area contributed by atoms with Crippen LogP contribution in [0.5, 0.6) is 0 Å². The standard InChI is InChI=1S/C10H17B2Cl2N3O3S/c1-9(2,10(11,12)20-21(4,18)19)17(3)7-5-6(13)15-8(14)16-7/h5H,11-12H2,1-4H3. The van der Waals surface area contributed by atoms with Gasteiger partial charge >= 0.3 is 0 Å². The molecule has 0 amide bonds. The number of hydrogen-bond donors (Lipinski definition) is 0. The summed E-state index contributed by atoms with van der Waals surface area (Å²) in [6.07, 6.45) is 1.02. The van der Waals surface area contributed by atoms with Gasteiger partial charge in [-0.25, -0.2) is 9.97 Å². The minimum atomic E-state index is -3.61. The summed E-state index contributed by atoms with van der Waals surface area (Å²) < 4.78 is 28.1. The lowest BCUT2D eigenvalue weighted by atomic mass is 9.55. The summed E-state index contributed by atoms with van der Waals surface area (Å²) in [6, 6.07) is 1.55. The number of hydrogen-bond acceptors (Lipinski definition) is 6. The van der Waals surface area contributed by atoms with Gasteiger partial charge in [-0.3, -0.25) is 4.18 Å². The van der Waals surface area contributed by atoms with E-state index in [1.165, 1.54) is 0 Å². The monoisotopic (exact) mass is 351 g/mol. The van der Waals surface area contributed by atoms with Crippen LogP contribution in [0.2, 0.25) is 10.4 Å². The van der Waals surface area contributed by atoms with Crippen LogP contribution in [0, 0.1) is 0 Å². The summed E-state index contributed by atoms with van der Waals surface area (Å²) in [4.78, 5) is 9.63. The molecule has 6 nitrogen and oxygen atoms in total. The van der Waals surface area contributed by atoms with Gasteiger partial charge in [-0.05, 0) is 25.4 Å². The van der Waals surface area contributed by atoms with E-state index in [9.17, 15) is 8.42 Å². The van der Waals surface area contributed by atoms with E-state index in [2.05, 4.69) is 9.97 Å². The van der Waals surface area contributed by atoms with E-state index in [-0.39, 0.29) is 10.4 Å². The first-order valence-electron chi connectivity index (χ1n) is 6.11. The van der Waals surface area contributed by atoms with Gasteiger partial charge in [0.1, 0.15) is 26.7 Å². The van der Waals surface area contributed by atoms with E-state index in [1.54, 1.807) is 33.7 Å². The smallest absolute Gasteiger partial charge is 0.263 e. The molecule has 1 heterocycles. The summed E-state index contributed by atoms with van der Waals surface area (Å²) in [5.41, 5.74) is -0.725. The van der Waals surface area contributed by atoms with Crippen molar-refractivity contribution in [3.8, 4) is 0 Å². The Bertz CT molecular complexity index is 620. The maximum Gasteiger partial charge on any atom is 0.263 e. The minimum Gasteiger partial charge on any atom is -0.353 e. The van der Waals surface area contributed by atoms with Crippen molar-refractivity contribution in [1.82, 2.24) is 9.97 Å². The highest BCUT2D eigenvalue weighted by Gasteiger charge is 2.44. The fraction of sp³-hybridized carbons (Fsp3) is 0.600. The van der Waals surface area contributed by atoms with E-state index in [1.807, 2.05) is 13.8 Å². The fourth-order valence-electron chi connectivity index (χ4n) is 1.72. The molecule has 0 N–H and O–H groups in total. The molecule has 21 heavy (non-hydrogen) atoms. The van der Waals surface area contributed by atoms with Crippen molar-refractivity contribution in [2.45, 2.75) is 24.8 Å². The first-order valence-corrected chi connectivity index (χ1v) is 8.68. The van der Waals surface area contributed by atoms with Crippen LogP contribution in [0.4, 0.5) is 5.82 Å². The summed E-state index contributed by atoms with van der Waals surface area (Å²) in [5.74, 6) is 0.468. The van der Waals surface area contributed by atoms with Gasteiger partial charge in [0.25, 0.3) is 10.1 Å². The zero-order valence-electron chi connectivity index (χ0n) is 12.8.